The van der Waals surface area contributed by atoms with E-state index in [1.54, 1.807) is 11.8 Å². The lowest BCUT2D eigenvalue weighted by Gasteiger charge is -2.07. The number of hydrogen-bond acceptors (Lipinski definition) is 3. The van der Waals surface area contributed by atoms with E-state index in [1.165, 1.54) is 18.2 Å². The molecular weight excluding hydrogens is 339 g/mol. The maximum Gasteiger partial charge on any atom is 0.435 e. The number of rotatable bonds is 6. The lowest BCUT2D eigenvalue weighted by atomic mass is 10.2. The van der Waals surface area contributed by atoms with Crippen LogP contribution in [0.5, 0.6) is 0 Å². The summed E-state index contributed by atoms with van der Waals surface area (Å²) in [4.78, 5) is 11.9. The predicted molar refractivity (Wildman–Crippen MR) is 87.9 cm³/mol. The molecule has 1 aromatic carbocycles. The summed E-state index contributed by atoms with van der Waals surface area (Å²) in [6.45, 7) is 2.31. The van der Waals surface area contributed by atoms with Crippen LogP contribution in [0.15, 0.2) is 30.5 Å². The standard InChI is InChI=1S/C16H18F3N3OS/c1-11-3-5-12(6-4-11)10-24-8-7-20-15(23)13-9-22(2)21-14(13)16(17,18)19/h3-6,9H,7-8,10H2,1-2H3,(H,20,23). The molecule has 1 amide bonds. The topological polar surface area (TPSA) is 46.9 Å². The van der Waals surface area contributed by atoms with Gasteiger partial charge >= 0.3 is 6.18 Å². The molecule has 0 aliphatic rings. The van der Waals surface area contributed by atoms with Crippen molar-refractivity contribution < 1.29 is 18.0 Å². The molecule has 1 aromatic heterocycles. The molecule has 2 aromatic rings. The maximum absolute atomic E-state index is 12.8. The Hall–Kier alpha value is -1.96. The number of halogens is 3. The average Bonchev–Trinajstić information content (AvgIpc) is 2.91. The summed E-state index contributed by atoms with van der Waals surface area (Å²) in [6, 6.07) is 8.12. The Balaban J connectivity index is 1.80. The fourth-order valence-electron chi connectivity index (χ4n) is 2.07. The summed E-state index contributed by atoms with van der Waals surface area (Å²) in [5.41, 5.74) is 0.750. The van der Waals surface area contributed by atoms with Gasteiger partial charge in [-0.15, -0.1) is 0 Å². The van der Waals surface area contributed by atoms with E-state index in [2.05, 4.69) is 10.4 Å². The zero-order valence-corrected chi connectivity index (χ0v) is 14.2. The Morgan fingerprint density at radius 3 is 2.58 bits per heavy atom. The highest BCUT2D eigenvalue weighted by molar-refractivity contribution is 7.98. The second-order valence-corrected chi connectivity index (χ2v) is 6.46. The minimum Gasteiger partial charge on any atom is -0.351 e. The third-order valence-corrected chi connectivity index (χ3v) is 4.29. The van der Waals surface area contributed by atoms with Crippen molar-refractivity contribution >= 4 is 17.7 Å². The van der Waals surface area contributed by atoms with Crippen LogP contribution in [0.3, 0.4) is 0 Å². The van der Waals surface area contributed by atoms with Gasteiger partial charge in [0.15, 0.2) is 5.69 Å². The van der Waals surface area contributed by atoms with E-state index in [9.17, 15) is 18.0 Å². The summed E-state index contributed by atoms with van der Waals surface area (Å²) in [5, 5.41) is 5.83. The van der Waals surface area contributed by atoms with Crippen LogP contribution in [0.1, 0.15) is 27.2 Å². The van der Waals surface area contributed by atoms with E-state index < -0.39 is 23.3 Å². The van der Waals surface area contributed by atoms with Gasteiger partial charge in [0.25, 0.3) is 5.91 Å². The van der Waals surface area contributed by atoms with Crippen LogP contribution in [0.2, 0.25) is 0 Å². The second kappa shape index (κ2) is 7.74. The molecule has 0 saturated heterocycles. The fourth-order valence-corrected chi connectivity index (χ4v) is 2.89. The van der Waals surface area contributed by atoms with Crippen molar-refractivity contribution in [3.05, 3.63) is 52.8 Å². The lowest BCUT2D eigenvalue weighted by Crippen LogP contribution is -2.27. The van der Waals surface area contributed by atoms with Crippen LogP contribution < -0.4 is 5.32 Å². The van der Waals surface area contributed by atoms with Crippen molar-refractivity contribution in [1.82, 2.24) is 15.1 Å². The molecule has 8 heteroatoms. The van der Waals surface area contributed by atoms with Gasteiger partial charge in [0.1, 0.15) is 0 Å². The van der Waals surface area contributed by atoms with Gasteiger partial charge < -0.3 is 5.32 Å². The molecule has 0 saturated carbocycles. The normalized spacial score (nSPS) is 11.5. The number of aryl methyl sites for hydroxylation is 2. The summed E-state index contributed by atoms with van der Waals surface area (Å²) in [7, 11) is 1.35. The SMILES string of the molecule is Cc1ccc(CSCCNC(=O)c2cn(C)nc2C(F)(F)F)cc1. The maximum atomic E-state index is 12.8. The first-order valence-electron chi connectivity index (χ1n) is 7.29. The highest BCUT2D eigenvalue weighted by Gasteiger charge is 2.38. The minimum absolute atomic E-state index is 0.293. The molecule has 0 aliphatic carbocycles. The molecule has 1 heterocycles. The zero-order valence-electron chi connectivity index (χ0n) is 13.4. The van der Waals surface area contributed by atoms with Crippen molar-refractivity contribution in [1.29, 1.82) is 0 Å². The molecule has 0 aliphatic heterocycles. The van der Waals surface area contributed by atoms with E-state index in [4.69, 9.17) is 0 Å². The lowest BCUT2D eigenvalue weighted by molar-refractivity contribution is -0.141. The number of carbonyl (C=O) groups excluding carboxylic acids is 1. The highest BCUT2D eigenvalue weighted by Crippen LogP contribution is 2.30. The number of thioether (sulfide) groups is 1. The van der Waals surface area contributed by atoms with Crippen molar-refractivity contribution in [2.75, 3.05) is 12.3 Å². The molecule has 1 N–H and O–H groups in total. The number of carbonyl (C=O) groups is 1. The number of aromatic nitrogens is 2. The van der Waals surface area contributed by atoms with Crippen LogP contribution in [0.4, 0.5) is 13.2 Å². The Kier molecular flexibility index (Phi) is 5.93. The quantitative estimate of drug-likeness (QED) is 0.806. The first-order chi connectivity index (χ1) is 11.3. The first-order valence-corrected chi connectivity index (χ1v) is 8.45. The number of amides is 1. The van der Waals surface area contributed by atoms with Gasteiger partial charge in [-0.1, -0.05) is 29.8 Å². The number of nitrogens with zero attached hydrogens (tertiary/aromatic N) is 2. The smallest absolute Gasteiger partial charge is 0.351 e. The third-order valence-electron chi connectivity index (χ3n) is 3.26. The predicted octanol–water partition coefficient (Wildman–Crippen LogP) is 3.41. The van der Waals surface area contributed by atoms with Gasteiger partial charge in [0.2, 0.25) is 0 Å². The number of nitrogens with one attached hydrogen (secondary N) is 1. The number of hydrogen-bond donors (Lipinski definition) is 1. The van der Waals surface area contributed by atoms with E-state index in [1.807, 2.05) is 31.2 Å². The Labute approximate surface area is 142 Å². The molecular formula is C16H18F3N3OS. The van der Waals surface area contributed by atoms with Crippen molar-refractivity contribution in [3.63, 3.8) is 0 Å². The van der Waals surface area contributed by atoms with Gasteiger partial charge in [0.05, 0.1) is 5.56 Å². The molecule has 0 radical (unpaired) electrons. The van der Waals surface area contributed by atoms with Crippen molar-refractivity contribution in [2.24, 2.45) is 7.05 Å². The average molecular weight is 357 g/mol. The Morgan fingerprint density at radius 1 is 1.29 bits per heavy atom. The van der Waals surface area contributed by atoms with Crippen LogP contribution in [-0.2, 0) is 19.0 Å². The third kappa shape index (κ3) is 5.02. The van der Waals surface area contributed by atoms with Gasteiger partial charge in [-0.25, -0.2) is 0 Å². The van der Waals surface area contributed by atoms with Gasteiger partial charge in [-0.3, -0.25) is 9.48 Å². The molecule has 0 atom stereocenters. The molecule has 0 bridgehead atoms. The second-order valence-electron chi connectivity index (χ2n) is 5.36. The molecule has 0 spiro atoms. The van der Waals surface area contributed by atoms with Gasteiger partial charge in [-0.2, -0.15) is 30.0 Å². The zero-order chi connectivity index (χ0) is 17.7. The number of alkyl halides is 3. The van der Waals surface area contributed by atoms with Crippen molar-refractivity contribution in [2.45, 2.75) is 18.9 Å². The van der Waals surface area contributed by atoms with Crippen molar-refractivity contribution in [3.8, 4) is 0 Å². The van der Waals surface area contributed by atoms with E-state index in [0.717, 1.165) is 16.6 Å². The van der Waals surface area contributed by atoms with Gasteiger partial charge in [0, 0.05) is 31.3 Å². The Bertz CT molecular complexity index is 696. The molecule has 130 valence electrons. The summed E-state index contributed by atoms with van der Waals surface area (Å²) < 4.78 is 39.5. The summed E-state index contributed by atoms with van der Waals surface area (Å²) >= 11 is 1.61. The monoisotopic (exact) mass is 357 g/mol. The van der Waals surface area contributed by atoms with Crippen LogP contribution in [0, 0.1) is 6.92 Å². The van der Waals surface area contributed by atoms with Gasteiger partial charge in [-0.05, 0) is 12.5 Å². The van der Waals surface area contributed by atoms with E-state index >= 15 is 0 Å². The van der Waals surface area contributed by atoms with E-state index in [-0.39, 0.29) is 0 Å². The molecule has 24 heavy (non-hydrogen) atoms. The first kappa shape index (κ1) is 18.4. The molecule has 4 nitrogen and oxygen atoms in total. The minimum atomic E-state index is -4.64. The highest BCUT2D eigenvalue weighted by atomic mass is 32.2. The summed E-state index contributed by atoms with van der Waals surface area (Å²) in [5.74, 6) is 0.643. The molecule has 0 fully saturated rings. The fraction of sp³-hybridized carbons (Fsp3) is 0.375. The van der Waals surface area contributed by atoms with Crippen LogP contribution >= 0.6 is 11.8 Å². The van der Waals surface area contributed by atoms with Crippen LogP contribution in [0.25, 0.3) is 0 Å². The Morgan fingerprint density at radius 2 is 1.96 bits per heavy atom. The number of benzene rings is 1. The van der Waals surface area contributed by atoms with E-state index in [0.29, 0.717) is 12.3 Å². The molecule has 2 rings (SSSR count). The van der Waals surface area contributed by atoms with Crippen LogP contribution in [-0.4, -0.2) is 28.0 Å². The summed E-state index contributed by atoms with van der Waals surface area (Å²) in [6.07, 6.45) is -3.56. The largest absolute Gasteiger partial charge is 0.435 e. The molecule has 0 unspecified atom stereocenters.